The van der Waals surface area contributed by atoms with Gasteiger partial charge in [0.2, 0.25) is 0 Å². The van der Waals surface area contributed by atoms with Crippen molar-refractivity contribution in [1.29, 1.82) is 0 Å². The number of Topliss-reactive ketones (excluding diaryl/α,β-unsaturated/α-hetero) is 2. The Labute approximate surface area is 137 Å². The zero-order chi connectivity index (χ0) is 17.6. The van der Waals surface area contributed by atoms with Gasteiger partial charge in [-0.1, -0.05) is 31.5 Å². The highest BCUT2D eigenvalue weighted by molar-refractivity contribution is 7.57. The molecule has 0 spiro atoms. The number of benzene rings is 1. The van der Waals surface area contributed by atoms with E-state index in [1.807, 2.05) is 0 Å². The van der Waals surface area contributed by atoms with Gasteiger partial charge < -0.3 is 19.5 Å². The summed E-state index contributed by atoms with van der Waals surface area (Å²) in [6.45, 7) is 3.55. The quantitative estimate of drug-likeness (QED) is 0.367. The number of carbonyl (C=O) groups excluding carboxylic acids is 2. The predicted molar refractivity (Wildman–Crippen MR) is 81.3 cm³/mol. The average Bonchev–Trinajstić information content (AvgIpc) is 2.34. The highest BCUT2D eigenvalue weighted by Gasteiger charge is 2.38. The fourth-order valence-electron chi connectivity index (χ4n) is 2.53. The van der Waals surface area contributed by atoms with Crippen molar-refractivity contribution in [3.05, 3.63) is 34.4 Å². The van der Waals surface area contributed by atoms with Gasteiger partial charge in [-0.25, -0.2) is 0 Å². The van der Waals surface area contributed by atoms with Crippen LogP contribution in [0.15, 0.2) is 23.8 Å². The number of carbonyl (C=O) groups is 2. The first-order chi connectivity index (χ1) is 10.4. The van der Waals surface area contributed by atoms with Crippen LogP contribution in [0.4, 0.5) is 0 Å². The lowest BCUT2D eigenvalue weighted by atomic mass is 9.73. The number of aliphatic hydroxyl groups is 1. The van der Waals surface area contributed by atoms with Crippen LogP contribution >= 0.6 is 19.2 Å². The first-order valence-electron chi connectivity index (χ1n) is 6.74. The summed E-state index contributed by atoms with van der Waals surface area (Å²) >= 11 is 5.89. The SMILES string of the molecule is CC1(C)CC(=O)C(=C(O)c2ccc(P(=O)([O-])[O-])cc2Cl)C(=O)C1. The summed E-state index contributed by atoms with van der Waals surface area (Å²) in [6.07, 6.45) is 0.203. The molecule has 1 aromatic carbocycles. The molecule has 0 unspecified atom stereocenters. The summed E-state index contributed by atoms with van der Waals surface area (Å²) in [5.41, 5.74) is -0.893. The van der Waals surface area contributed by atoms with E-state index in [0.717, 1.165) is 18.2 Å². The largest absolute Gasteiger partial charge is 0.807 e. The molecule has 1 fully saturated rings. The first kappa shape index (κ1) is 17.9. The van der Waals surface area contributed by atoms with Gasteiger partial charge in [-0.2, -0.15) is 0 Å². The maximum Gasteiger partial charge on any atom is 0.170 e. The molecule has 0 aromatic heterocycles. The molecule has 23 heavy (non-hydrogen) atoms. The van der Waals surface area contributed by atoms with Crippen LogP contribution in [0.1, 0.15) is 32.3 Å². The summed E-state index contributed by atoms with van der Waals surface area (Å²) in [5.74, 6) is -1.59. The van der Waals surface area contributed by atoms with Gasteiger partial charge >= 0.3 is 0 Å². The lowest BCUT2D eigenvalue weighted by molar-refractivity contribution is -0.307. The van der Waals surface area contributed by atoms with E-state index in [0.29, 0.717) is 0 Å². The summed E-state index contributed by atoms with van der Waals surface area (Å²) < 4.78 is 11.0. The van der Waals surface area contributed by atoms with Crippen LogP contribution in [0, 0.1) is 5.41 Å². The lowest BCUT2D eigenvalue weighted by Crippen LogP contribution is -2.32. The Morgan fingerprint density at radius 3 is 2.17 bits per heavy atom. The van der Waals surface area contributed by atoms with Crippen molar-refractivity contribution < 1.29 is 29.0 Å². The van der Waals surface area contributed by atoms with Crippen LogP contribution in [0.25, 0.3) is 5.76 Å². The molecule has 0 atom stereocenters. The summed E-state index contributed by atoms with van der Waals surface area (Å²) in [5, 5.41) is 9.49. The van der Waals surface area contributed by atoms with Crippen LogP contribution in [0.5, 0.6) is 0 Å². The van der Waals surface area contributed by atoms with Gasteiger partial charge in [0.05, 0.1) is 5.02 Å². The van der Waals surface area contributed by atoms with Crippen LogP contribution in [-0.2, 0) is 14.2 Å². The molecular weight excluding hydrogens is 343 g/mol. The molecule has 2 rings (SSSR count). The molecule has 1 saturated carbocycles. The molecule has 8 heteroatoms. The zero-order valence-corrected chi connectivity index (χ0v) is 14.1. The standard InChI is InChI=1S/C15H16ClO6P/c1-15(2)6-11(17)13(12(18)7-15)14(19)9-4-3-8(5-10(9)16)23(20,21)22/h3-5,19H,6-7H2,1-2H3,(H2,20,21,22)/p-2. The second kappa shape index (κ2) is 5.87. The minimum Gasteiger partial charge on any atom is -0.807 e. The Balaban J connectivity index is 2.52. The van der Waals surface area contributed by atoms with Gasteiger partial charge in [-0.3, -0.25) is 9.59 Å². The highest BCUT2D eigenvalue weighted by atomic mass is 35.5. The van der Waals surface area contributed by atoms with Crippen molar-refractivity contribution in [2.75, 3.05) is 0 Å². The van der Waals surface area contributed by atoms with Crippen molar-refractivity contribution in [2.24, 2.45) is 5.41 Å². The highest BCUT2D eigenvalue weighted by Crippen LogP contribution is 2.37. The second-order valence-electron chi connectivity index (χ2n) is 6.25. The lowest BCUT2D eigenvalue weighted by Gasteiger charge is -2.30. The Hall–Kier alpha value is -1.46. The number of allylic oxidation sites excluding steroid dienone is 1. The number of hydrogen-bond donors (Lipinski definition) is 1. The van der Waals surface area contributed by atoms with E-state index < -0.39 is 35.6 Å². The Morgan fingerprint density at radius 1 is 1.22 bits per heavy atom. The van der Waals surface area contributed by atoms with Crippen LogP contribution in [0.2, 0.25) is 5.02 Å². The zero-order valence-electron chi connectivity index (χ0n) is 12.5. The maximum absolute atomic E-state index is 12.1. The molecule has 1 N–H and O–H groups in total. The molecule has 0 heterocycles. The van der Waals surface area contributed by atoms with Gasteiger partial charge in [0.1, 0.15) is 11.3 Å². The normalized spacial score (nSPS) is 18.2. The van der Waals surface area contributed by atoms with Crippen LogP contribution in [0.3, 0.4) is 0 Å². The Bertz CT molecular complexity index is 752. The fraction of sp³-hybridized carbons (Fsp3) is 0.333. The van der Waals surface area contributed by atoms with Gasteiger partial charge in [-0.15, -0.1) is 0 Å². The van der Waals surface area contributed by atoms with Crippen molar-refractivity contribution in [2.45, 2.75) is 26.7 Å². The minimum atomic E-state index is -4.98. The second-order valence-corrected chi connectivity index (χ2v) is 8.17. The number of aliphatic hydroxyl groups excluding tert-OH is 1. The molecule has 0 aliphatic heterocycles. The summed E-state index contributed by atoms with van der Waals surface area (Å²) in [7, 11) is -4.98. The number of hydrogen-bond acceptors (Lipinski definition) is 6. The van der Waals surface area contributed by atoms with Crippen LogP contribution < -0.4 is 15.1 Å². The summed E-state index contributed by atoms with van der Waals surface area (Å²) in [6, 6.07) is 2.96. The predicted octanol–water partition coefficient (Wildman–Crippen LogP) is 1.11. The molecule has 0 saturated heterocycles. The van der Waals surface area contributed by atoms with E-state index >= 15 is 0 Å². The van der Waals surface area contributed by atoms with E-state index in [2.05, 4.69) is 0 Å². The van der Waals surface area contributed by atoms with Crippen molar-refractivity contribution in [3.8, 4) is 0 Å². The smallest absolute Gasteiger partial charge is 0.170 e. The van der Waals surface area contributed by atoms with E-state index in [4.69, 9.17) is 11.6 Å². The van der Waals surface area contributed by atoms with Gasteiger partial charge in [0.15, 0.2) is 11.6 Å². The molecule has 6 nitrogen and oxygen atoms in total. The molecule has 0 radical (unpaired) electrons. The molecule has 0 bridgehead atoms. The third-order valence-corrected chi connectivity index (χ3v) is 4.82. The number of ketones is 2. The molecular formula is C15H14ClO6P-2. The average molecular weight is 357 g/mol. The van der Waals surface area contributed by atoms with E-state index in [-0.39, 0.29) is 29.0 Å². The van der Waals surface area contributed by atoms with E-state index in [1.54, 1.807) is 13.8 Å². The minimum absolute atomic E-state index is 0.0692. The van der Waals surface area contributed by atoms with Crippen LogP contribution in [-0.4, -0.2) is 16.7 Å². The molecule has 124 valence electrons. The van der Waals surface area contributed by atoms with Gasteiger partial charge in [0.25, 0.3) is 0 Å². The Kier molecular flexibility index (Phi) is 4.57. The van der Waals surface area contributed by atoms with Crippen molar-refractivity contribution >= 4 is 41.8 Å². The fourth-order valence-corrected chi connectivity index (χ4v) is 3.42. The first-order valence-corrected chi connectivity index (χ1v) is 8.67. The van der Waals surface area contributed by atoms with E-state index in [9.17, 15) is 29.0 Å². The van der Waals surface area contributed by atoms with Crippen molar-refractivity contribution in [3.63, 3.8) is 0 Å². The third kappa shape index (κ3) is 3.72. The summed E-state index contributed by atoms with van der Waals surface area (Å²) in [4.78, 5) is 46.2. The topological polar surface area (TPSA) is 118 Å². The third-order valence-electron chi connectivity index (χ3n) is 3.60. The molecule has 1 aliphatic rings. The van der Waals surface area contributed by atoms with E-state index in [1.165, 1.54) is 0 Å². The molecule has 1 aromatic rings. The van der Waals surface area contributed by atoms with Gasteiger partial charge in [0, 0.05) is 18.4 Å². The Morgan fingerprint density at radius 2 is 1.74 bits per heavy atom. The maximum atomic E-state index is 12.1. The molecule has 0 amide bonds. The van der Waals surface area contributed by atoms with Crippen molar-refractivity contribution in [1.82, 2.24) is 0 Å². The van der Waals surface area contributed by atoms with Gasteiger partial charge in [-0.05, 0) is 30.4 Å². The number of halogens is 1. The monoisotopic (exact) mass is 356 g/mol. The molecule has 1 aliphatic carbocycles. The number of rotatable bonds is 2.